The summed E-state index contributed by atoms with van der Waals surface area (Å²) in [5.74, 6) is -2.43. The van der Waals surface area contributed by atoms with Gasteiger partial charge in [0.05, 0.1) is 22.1 Å². The van der Waals surface area contributed by atoms with E-state index in [-0.39, 0.29) is 11.3 Å². The first-order chi connectivity index (χ1) is 15.1. The highest BCUT2D eigenvalue weighted by Crippen LogP contribution is 2.41. The van der Waals surface area contributed by atoms with Gasteiger partial charge < -0.3 is 10.0 Å². The maximum absolute atomic E-state index is 13.0. The van der Waals surface area contributed by atoms with E-state index < -0.39 is 41.3 Å². The highest BCUT2D eigenvalue weighted by Gasteiger charge is 2.35. The molecule has 3 N–H and O–H groups in total. The van der Waals surface area contributed by atoms with Crippen LogP contribution in [0.3, 0.4) is 0 Å². The topological polar surface area (TPSA) is 107 Å². The van der Waals surface area contributed by atoms with Gasteiger partial charge in [0.2, 0.25) is 5.91 Å². The molecule has 2 aromatic rings. The number of nitrogens with one attached hydrogen (secondary N) is 1. The molecule has 1 aliphatic heterocycles. The number of carbonyl (C=O) groups excluding carboxylic acids is 2. The molecule has 1 atom stereocenters. The smallest absolute Gasteiger partial charge is 0.416 e. The summed E-state index contributed by atoms with van der Waals surface area (Å²) in [6.45, 7) is -0.485. The summed E-state index contributed by atoms with van der Waals surface area (Å²) < 4.78 is 38.0. The molecule has 3 rings (SSSR count). The van der Waals surface area contributed by atoms with Crippen LogP contribution < -0.4 is 10.4 Å². The number of rotatable bonds is 7. The van der Waals surface area contributed by atoms with E-state index in [4.69, 9.17) is 5.21 Å². The van der Waals surface area contributed by atoms with Crippen molar-refractivity contribution in [3.8, 4) is 0 Å². The van der Waals surface area contributed by atoms with E-state index >= 15 is 0 Å². The molecular weight excluding hydrogens is 449 g/mol. The zero-order chi connectivity index (χ0) is 23.5. The second-order valence-electron chi connectivity index (χ2n) is 7.14. The first-order valence-electron chi connectivity index (χ1n) is 9.54. The van der Waals surface area contributed by atoms with Crippen LogP contribution in [0.2, 0.25) is 0 Å². The Morgan fingerprint density at radius 3 is 2.41 bits per heavy atom. The van der Waals surface area contributed by atoms with Crippen molar-refractivity contribution < 1.29 is 37.9 Å². The largest absolute Gasteiger partial charge is 0.478 e. The number of carbonyl (C=O) groups is 3. The minimum absolute atomic E-state index is 0.0488. The zero-order valence-corrected chi connectivity index (χ0v) is 17.4. The van der Waals surface area contributed by atoms with E-state index in [9.17, 15) is 32.7 Å². The monoisotopic (exact) mass is 468 g/mol. The van der Waals surface area contributed by atoms with Gasteiger partial charge in [0.25, 0.3) is 5.91 Å². The molecule has 2 amide bonds. The molecule has 11 heteroatoms. The van der Waals surface area contributed by atoms with E-state index in [1.807, 2.05) is 0 Å². The molecule has 7 nitrogen and oxygen atoms in total. The van der Waals surface area contributed by atoms with Gasteiger partial charge in [-0.3, -0.25) is 14.8 Å². The Kier molecular flexibility index (Phi) is 7.09. The lowest BCUT2D eigenvalue weighted by molar-refractivity contribution is -0.137. The maximum atomic E-state index is 13.0. The van der Waals surface area contributed by atoms with E-state index in [0.29, 0.717) is 29.7 Å². The van der Waals surface area contributed by atoms with Crippen molar-refractivity contribution in [2.75, 3.05) is 11.4 Å². The molecule has 0 saturated heterocycles. The van der Waals surface area contributed by atoms with Crippen molar-refractivity contribution in [1.29, 1.82) is 0 Å². The molecule has 170 valence electrons. The number of amides is 2. The van der Waals surface area contributed by atoms with Crippen LogP contribution in [0.25, 0.3) is 0 Å². The number of aromatic carboxylic acids is 1. The first kappa shape index (κ1) is 23.6. The molecule has 0 fully saturated rings. The summed E-state index contributed by atoms with van der Waals surface area (Å²) in [6, 6.07) is 9.09. The number of thioether (sulfide) groups is 1. The van der Waals surface area contributed by atoms with Gasteiger partial charge in [-0.15, -0.1) is 11.8 Å². The predicted octanol–water partition coefficient (Wildman–Crippen LogP) is 3.74. The number of anilines is 1. The van der Waals surface area contributed by atoms with Crippen molar-refractivity contribution in [3.63, 3.8) is 0 Å². The van der Waals surface area contributed by atoms with E-state index in [2.05, 4.69) is 0 Å². The van der Waals surface area contributed by atoms with E-state index in [1.54, 1.807) is 6.07 Å². The molecule has 0 bridgehead atoms. The number of hydroxylamine groups is 1. The molecule has 0 saturated carbocycles. The molecule has 0 radical (unpaired) electrons. The second-order valence-corrected chi connectivity index (χ2v) is 8.38. The molecule has 0 aliphatic carbocycles. The maximum Gasteiger partial charge on any atom is 0.416 e. The average Bonchev–Trinajstić information content (AvgIpc) is 2.75. The number of carboxylic acids is 1. The van der Waals surface area contributed by atoms with Gasteiger partial charge in [-0.25, -0.2) is 10.3 Å². The lowest BCUT2D eigenvalue weighted by atomic mass is 10.0. The Bertz CT molecular complexity index is 1030. The normalized spacial score (nSPS) is 15.9. The molecule has 2 aromatic carbocycles. The van der Waals surface area contributed by atoms with Crippen molar-refractivity contribution in [2.24, 2.45) is 0 Å². The minimum Gasteiger partial charge on any atom is -0.478 e. The Morgan fingerprint density at radius 1 is 1.12 bits per heavy atom. The van der Waals surface area contributed by atoms with E-state index in [1.165, 1.54) is 41.5 Å². The first-order valence-corrected chi connectivity index (χ1v) is 10.4. The molecule has 1 aliphatic rings. The molecule has 32 heavy (non-hydrogen) atoms. The highest BCUT2D eigenvalue weighted by atomic mass is 32.2. The Morgan fingerprint density at radius 2 is 1.81 bits per heavy atom. The van der Waals surface area contributed by atoms with Gasteiger partial charge in [-0.05, 0) is 55.2 Å². The summed E-state index contributed by atoms with van der Waals surface area (Å²) >= 11 is 1.24. The fraction of sp³-hybridized carbons (Fsp3) is 0.286. The fourth-order valence-corrected chi connectivity index (χ4v) is 4.59. The third-order valence-electron chi connectivity index (χ3n) is 4.95. The Balaban J connectivity index is 1.72. The van der Waals surface area contributed by atoms with Crippen molar-refractivity contribution in [2.45, 2.75) is 35.6 Å². The lowest BCUT2D eigenvalue weighted by Gasteiger charge is -2.33. The number of fused-ring (bicyclic) bond motifs is 1. The quantitative estimate of drug-likeness (QED) is 0.422. The number of nitrogens with zero attached hydrogens (tertiary/aromatic N) is 1. The molecule has 0 aromatic heterocycles. The predicted molar refractivity (Wildman–Crippen MR) is 110 cm³/mol. The van der Waals surface area contributed by atoms with Crippen LogP contribution in [-0.4, -0.2) is 39.9 Å². The van der Waals surface area contributed by atoms with Gasteiger partial charge in [0.1, 0.15) is 6.54 Å². The van der Waals surface area contributed by atoms with Gasteiger partial charge in [-0.2, -0.15) is 13.2 Å². The highest BCUT2D eigenvalue weighted by molar-refractivity contribution is 8.01. The summed E-state index contributed by atoms with van der Waals surface area (Å²) in [5, 5.41) is 17.5. The second kappa shape index (κ2) is 9.61. The molecule has 1 unspecified atom stereocenters. The van der Waals surface area contributed by atoms with Gasteiger partial charge in [0.15, 0.2) is 0 Å². The summed E-state index contributed by atoms with van der Waals surface area (Å²) in [6.07, 6.45) is -3.04. The van der Waals surface area contributed by atoms with Crippen LogP contribution in [-0.2, 0) is 22.2 Å². The van der Waals surface area contributed by atoms with Crippen LogP contribution in [0.15, 0.2) is 47.4 Å². The van der Waals surface area contributed by atoms with Crippen molar-refractivity contribution in [1.82, 2.24) is 5.48 Å². The SMILES string of the molecule is O=C(CN1C(=O)C(CCCc2ccc(C(F)(F)F)cc2)Sc2ccc(C(=O)O)cc21)NO. The number of carboxylic acid groups (broad SMARTS) is 1. The Labute approximate surface area is 185 Å². The van der Waals surface area contributed by atoms with Crippen LogP contribution in [0, 0.1) is 0 Å². The minimum atomic E-state index is -4.40. The molecular formula is C21H19F3N2O5S. The summed E-state index contributed by atoms with van der Waals surface area (Å²) in [4.78, 5) is 37.7. The van der Waals surface area contributed by atoms with Crippen LogP contribution >= 0.6 is 11.8 Å². The molecule has 1 heterocycles. The standard InChI is InChI=1S/C21H19F3N2O5S/c22-21(23,24)14-7-4-12(5-8-14)2-1-3-17-19(28)26(11-18(27)25-31)15-10-13(20(29)30)6-9-16(15)32-17/h4-10,17,31H,1-3,11H2,(H,25,27)(H,29,30). The number of benzene rings is 2. The van der Waals surface area contributed by atoms with Gasteiger partial charge >= 0.3 is 12.1 Å². The summed E-state index contributed by atoms with van der Waals surface area (Å²) in [7, 11) is 0. The molecule has 0 spiro atoms. The van der Waals surface area contributed by atoms with Crippen molar-refractivity contribution >= 4 is 35.2 Å². The number of halogens is 3. The average molecular weight is 468 g/mol. The van der Waals surface area contributed by atoms with Gasteiger partial charge in [0, 0.05) is 4.90 Å². The van der Waals surface area contributed by atoms with Crippen LogP contribution in [0.4, 0.5) is 18.9 Å². The van der Waals surface area contributed by atoms with Crippen molar-refractivity contribution in [3.05, 3.63) is 59.2 Å². The van der Waals surface area contributed by atoms with Gasteiger partial charge in [-0.1, -0.05) is 12.1 Å². The lowest BCUT2D eigenvalue weighted by Crippen LogP contribution is -2.46. The number of alkyl halides is 3. The van der Waals surface area contributed by atoms with Crippen LogP contribution in [0.5, 0.6) is 0 Å². The van der Waals surface area contributed by atoms with E-state index in [0.717, 1.165) is 17.0 Å². The summed E-state index contributed by atoms with van der Waals surface area (Å²) in [5.41, 5.74) is 1.65. The number of aryl methyl sites for hydroxylation is 1. The Hall–Kier alpha value is -3.05. The fourth-order valence-electron chi connectivity index (χ4n) is 3.33. The van der Waals surface area contributed by atoms with Crippen LogP contribution in [0.1, 0.15) is 34.3 Å². The zero-order valence-electron chi connectivity index (χ0n) is 16.6. The number of hydrogen-bond acceptors (Lipinski definition) is 5. The number of hydrogen-bond donors (Lipinski definition) is 3. The third-order valence-corrected chi connectivity index (χ3v) is 6.27. The third kappa shape index (κ3) is 5.40.